The lowest BCUT2D eigenvalue weighted by Crippen LogP contribution is -2.70. The normalized spacial score (nSPS) is 13.5. The molecule has 0 aliphatic carbocycles. The Bertz CT molecular complexity index is 1730. The first kappa shape index (κ1) is 21.4. The molecule has 1 spiro atoms. The minimum Gasteiger partial charge on any atom is -0.311 e. The molecular weight excluding hydrogens is 476 g/mol. The van der Waals surface area contributed by atoms with Gasteiger partial charge in [-0.3, -0.25) is 4.98 Å². The van der Waals surface area contributed by atoms with Gasteiger partial charge in [0.2, 0.25) is 0 Å². The summed E-state index contributed by atoms with van der Waals surface area (Å²) in [7, 11) is -2.52. The van der Waals surface area contributed by atoms with Crippen LogP contribution in [0.1, 0.15) is 0 Å². The molecular formula is C35H24N2Si. The van der Waals surface area contributed by atoms with Gasteiger partial charge in [-0.2, -0.15) is 0 Å². The van der Waals surface area contributed by atoms with E-state index in [-0.39, 0.29) is 0 Å². The molecule has 2 nitrogen and oxygen atoms in total. The van der Waals surface area contributed by atoms with Gasteiger partial charge < -0.3 is 4.90 Å². The number of anilines is 3. The summed E-state index contributed by atoms with van der Waals surface area (Å²) in [4.78, 5) is 7.34. The Hall–Kier alpha value is -4.73. The van der Waals surface area contributed by atoms with E-state index in [4.69, 9.17) is 4.98 Å². The van der Waals surface area contributed by atoms with Gasteiger partial charge in [0.15, 0.2) is 8.07 Å². The molecule has 0 radical (unpaired) electrons. The molecule has 1 aromatic heterocycles. The smallest absolute Gasteiger partial charge is 0.183 e. The quantitative estimate of drug-likeness (QED) is 0.281. The lowest BCUT2D eigenvalue weighted by molar-refractivity contribution is 1.28. The first-order valence-corrected chi connectivity index (χ1v) is 15.1. The standard InChI is InChI=1S/C35H24N2Si/c1-3-12-25(13-4-1)37(26-14-5-2-6-15-26)27-21-22-30-34(24-27)38(33-20-11-23-36-35(30)33)31-18-9-7-16-28(31)29-17-8-10-19-32(29)38/h1-24H. The summed E-state index contributed by atoms with van der Waals surface area (Å²) in [6, 6.07) is 50.9. The molecule has 0 fully saturated rings. The van der Waals surface area contributed by atoms with Crippen LogP contribution in [0.3, 0.4) is 0 Å². The number of hydrogen-bond acceptors (Lipinski definition) is 2. The number of benzene rings is 5. The van der Waals surface area contributed by atoms with E-state index in [2.05, 4.69) is 144 Å². The summed E-state index contributed by atoms with van der Waals surface area (Å²) in [5, 5.41) is 5.77. The molecule has 2 aliphatic heterocycles. The van der Waals surface area contributed by atoms with E-state index in [1.807, 2.05) is 6.20 Å². The maximum atomic E-state index is 4.98. The first-order chi connectivity index (χ1) is 18.9. The van der Waals surface area contributed by atoms with Crippen molar-refractivity contribution in [1.82, 2.24) is 4.98 Å². The van der Waals surface area contributed by atoms with E-state index in [9.17, 15) is 0 Å². The van der Waals surface area contributed by atoms with Crippen LogP contribution in [0.5, 0.6) is 0 Å². The van der Waals surface area contributed by atoms with Crippen LogP contribution in [-0.4, -0.2) is 13.1 Å². The number of hydrogen-bond donors (Lipinski definition) is 0. The highest BCUT2D eigenvalue weighted by Crippen LogP contribution is 2.39. The second kappa shape index (κ2) is 8.14. The van der Waals surface area contributed by atoms with Crippen LogP contribution >= 0.6 is 0 Å². The Morgan fingerprint density at radius 1 is 0.421 bits per heavy atom. The van der Waals surface area contributed by atoms with Crippen molar-refractivity contribution >= 4 is 45.9 Å². The van der Waals surface area contributed by atoms with Gasteiger partial charge in [0, 0.05) is 28.8 Å². The second-order valence-corrected chi connectivity index (χ2v) is 13.6. The number of aromatic nitrogens is 1. The minimum atomic E-state index is -2.52. The number of pyridine rings is 1. The van der Waals surface area contributed by atoms with Crippen LogP contribution in [0.15, 0.2) is 146 Å². The molecule has 2 aliphatic rings. The minimum absolute atomic E-state index is 1.14. The highest BCUT2D eigenvalue weighted by atomic mass is 28.3. The van der Waals surface area contributed by atoms with Gasteiger partial charge in [0.05, 0.1) is 5.69 Å². The van der Waals surface area contributed by atoms with Crippen LogP contribution in [-0.2, 0) is 0 Å². The molecule has 3 heteroatoms. The predicted molar refractivity (Wildman–Crippen MR) is 161 cm³/mol. The van der Waals surface area contributed by atoms with Gasteiger partial charge in [-0.25, -0.2) is 0 Å². The highest BCUT2D eigenvalue weighted by Gasteiger charge is 2.54. The molecule has 3 heterocycles. The Kier molecular flexibility index (Phi) is 4.57. The number of fused-ring (bicyclic) bond motifs is 10. The van der Waals surface area contributed by atoms with Crippen LogP contribution in [0.2, 0.25) is 0 Å². The Labute approximate surface area is 223 Å². The number of para-hydroxylation sites is 2. The zero-order chi connectivity index (χ0) is 25.1. The maximum absolute atomic E-state index is 4.98. The zero-order valence-electron chi connectivity index (χ0n) is 20.8. The topological polar surface area (TPSA) is 16.1 Å². The monoisotopic (exact) mass is 500 g/mol. The third kappa shape index (κ3) is 2.79. The summed E-state index contributed by atoms with van der Waals surface area (Å²) >= 11 is 0. The van der Waals surface area contributed by atoms with Crippen molar-refractivity contribution in [1.29, 1.82) is 0 Å². The van der Waals surface area contributed by atoms with Gasteiger partial charge >= 0.3 is 0 Å². The van der Waals surface area contributed by atoms with E-state index in [1.165, 1.54) is 43.1 Å². The van der Waals surface area contributed by atoms with Crippen molar-refractivity contribution in [3.05, 3.63) is 146 Å². The van der Waals surface area contributed by atoms with Gasteiger partial charge in [-0.05, 0) is 74.3 Å². The van der Waals surface area contributed by atoms with Gasteiger partial charge in [0.1, 0.15) is 0 Å². The van der Waals surface area contributed by atoms with E-state index < -0.39 is 8.07 Å². The summed E-state index contributed by atoms with van der Waals surface area (Å²) in [5.41, 5.74) is 8.60. The van der Waals surface area contributed by atoms with E-state index in [0.717, 1.165) is 17.1 Å². The number of nitrogens with zero attached hydrogens (tertiary/aromatic N) is 2. The average molecular weight is 501 g/mol. The third-order valence-electron chi connectivity index (χ3n) is 8.11. The largest absolute Gasteiger partial charge is 0.311 e. The molecule has 0 N–H and O–H groups in total. The summed E-state index contributed by atoms with van der Waals surface area (Å²) in [5.74, 6) is 0. The molecule has 0 saturated carbocycles. The van der Waals surface area contributed by atoms with Crippen LogP contribution in [0.25, 0.3) is 22.4 Å². The molecule has 178 valence electrons. The zero-order valence-corrected chi connectivity index (χ0v) is 21.8. The number of rotatable bonds is 3. The Balaban J connectivity index is 1.46. The van der Waals surface area contributed by atoms with Crippen LogP contribution < -0.4 is 25.6 Å². The fourth-order valence-corrected chi connectivity index (χ4v) is 12.2. The molecule has 0 bridgehead atoms. The van der Waals surface area contributed by atoms with Crippen LogP contribution in [0.4, 0.5) is 17.1 Å². The second-order valence-electron chi connectivity index (χ2n) is 9.98. The highest BCUT2D eigenvalue weighted by molar-refractivity contribution is 7.24. The van der Waals surface area contributed by atoms with E-state index in [0.29, 0.717) is 0 Å². The maximum Gasteiger partial charge on any atom is 0.183 e. The average Bonchev–Trinajstić information content (AvgIpc) is 3.46. The summed E-state index contributed by atoms with van der Waals surface area (Å²) < 4.78 is 0. The third-order valence-corrected chi connectivity index (χ3v) is 13.0. The summed E-state index contributed by atoms with van der Waals surface area (Å²) in [6.07, 6.45) is 1.94. The molecule has 8 rings (SSSR count). The van der Waals surface area contributed by atoms with Crippen molar-refractivity contribution < 1.29 is 0 Å². The lowest BCUT2D eigenvalue weighted by atomic mass is 10.1. The molecule has 6 aromatic rings. The SMILES string of the molecule is c1ccc(N(c2ccccc2)c2ccc3c(c2)[Si]2(c4ccccc4-c4ccccc42)c2cccnc2-3)cc1. The van der Waals surface area contributed by atoms with Crippen molar-refractivity contribution in [2.24, 2.45) is 0 Å². The van der Waals surface area contributed by atoms with Crippen molar-refractivity contribution in [3.63, 3.8) is 0 Å². The molecule has 38 heavy (non-hydrogen) atoms. The van der Waals surface area contributed by atoms with Crippen molar-refractivity contribution in [2.75, 3.05) is 4.90 Å². The fraction of sp³-hybridized carbons (Fsp3) is 0. The Morgan fingerprint density at radius 2 is 0.974 bits per heavy atom. The van der Waals surface area contributed by atoms with Gasteiger partial charge in [-0.1, -0.05) is 97.1 Å². The van der Waals surface area contributed by atoms with E-state index >= 15 is 0 Å². The molecule has 5 aromatic carbocycles. The summed E-state index contributed by atoms with van der Waals surface area (Å²) in [6.45, 7) is 0. The van der Waals surface area contributed by atoms with Gasteiger partial charge in [0.25, 0.3) is 0 Å². The molecule has 0 atom stereocenters. The van der Waals surface area contributed by atoms with Crippen molar-refractivity contribution in [2.45, 2.75) is 0 Å². The Morgan fingerprint density at radius 3 is 1.61 bits per heavy atom. The molecule has 0 amide bonds. The lowest BCUT2D eigenvalue weighted by Gasteiger charge is -2.30. The molecule has 0 unspecified atom stereocenters. The molecule has 0 saturated heterocycles. The first-order valence-electron chi connectivity index (χ1n) is 13.1. The fourth-order valence-electron chi connectivity index (χ4n) is 6.67. The predicted octanol–water partition coefficient (Wildman–Crippen LogP) is 5.89. The van der Waals surface area contributed by atoms with Crippen molar-refractivity contribution in [3.8, 4) is 22.4 Å². The van der Waals surface area contributed by atoms with Crippen LogP contribution in [0, 0.1) is 0 Å². The van der Waals surface area contributed by atoms with Gasteiger partial charge in [-0.15, -0.1) is 0 Å². The van der Waals surface area contributed by atoms with E-state index in [1.54, 1.807) is 0 Å².